The molecule has 0 radical (unpaired) electrons. The van der Waals surface area contributed by atoms with Crippen LogP contribution < -0.4 is 15.0 Å². The number of benzene rings is 3. The Kier molecular flexibility index (Phi) is 7.19. The van der Waals surface area contributed by atoms with E-state index in [9.17, 15) is 10.4 Å². The lowest BCUT2D eigenvalue weighted by molar-refractivity contribution is -0.0532. The zero-order chi connectivity index (χ0) is 33.5. The van der Waals surface area contributed by atoms with Crippen molar-refractivity contribution in [2.75, 3.05) is 50.8 Å². The zero-order valence-electron chi connectivity index (χ0n) is 27.1. The second-order valence-electron chi connectivity index (χ2n) is 14.7. The van der Waals surface area contributed by atoms with Gasteiger partial charge < -0.3 is 24.8 Å². The summed E-state index contributed by atoms with van der Waals surface area (Å²) in [6.45, 7) is 5.40. The summed E-state index contributed by atoms with van der Waals surface area (Å²) >= 11 is 6.50. The van der Waals surface area contributed by atoms with Crippen molar-refractivity contribution < 1.29 is 19.0 Å². The smallest absolute Gasteiger partial charge is 0.319 e. The number of rotatable bonds is 7. The van der Waals surface area contributed by atoms with Gasteiger partial charge in [-0.1, -0.05) is 23.6 Å². The third-order valence-corrected chi connectivity index (χ3v) is 11.5. The van der Waals surface area contributed by atoms with Crippen LogP contribution in [0.3, 0.4) is 0 Å². The topological polar surface area (TPSA) is 107 Å². The third kappa shape index (κ3) is 5.43. The fourth-order valence-corrected chi connectivity index (χ4v) is 8.51. The van der Waals surface area contributed by atoms with E-state index < -0.39 is 5.82 Å². The van der Waals surface area contributed by atoms with Gasteiger partial charge in [0, 0.05) is 66.6 Å². The number of ether oxygens (including phenoxy) is 2. The number of nitrogens with zero attached hydrogens (tertiary/aromatic N) is 5. The van der Waals surface area contributed by atoms with Crippen LogP contribution in [0.1, 0.15) is 49.7 Å². The summed E-state index contributed by atoms with van der Waals surface area (Å²) in [4.78, 5) is 14.3. The van der Waals surface area contributed by atoms with Crippen molar-refractivity contribution in [2.24, 2.45) is 5.41 Å². The molecule has 2 aliphatic carbocycles. The van der Waals surface area contributed by atoms with Gasteiger partial charge in [-0.25, -0.2) is 4.39 Å². The van der Waals surface area contributed by atoms with Gasteiger partial charge in [0.1, 0.15) is 17.1 Å². The number of fused-ring (bicyclic) bond motifs is 4. The summed E-state index contributed by atoms with van der Waals surface area (Å²) in [6.07, 6.45) is 12.4. The molecule has 3 aromatic carbocycles. The fourth-order valence-electron chi connectivity index (χ4n) is 8.30. The summed E-state index contributed by atoms with van der Waals surface area (Å²) in [6, 6.07) is 10.9. The maximum atomic E-state index is 17.3. The van der Waals surface area contributed by atoms with Gasteiger partial charge in [-0.05, 0) is 73.7 Å². The fraction of sp³-hybridized carbons (Fsp3) is 0.447. The van der Waals surface area contributed by atoms with Gasteiger partial charge in [0.05, 0.1) is 41.0 Å². The van der Waals surface area contributed by atoms with Crippen molar-refractivity contribution in [3.05, 3.63) is 52.3 Å². The van der Waals surface area contributed by atoms with Crippen molar-refractivity contribution in [3.8, 4) is 41.3 Å². The van der Waals surface area contributed by atoms with Crippen LogP contribution in [0, 0.1) is 34.9 Å². The number of hydrogen-bond donors (Lipinski definition) is 2. The van der Waals surface area contributed by atoms with Gasteiger partial charge in [0.2, 0.25) is 0 Å². The van der Waals surface area contributed by atoms with Crippen molar-refractivity contribution in [1.29, 1.82) is 5.26 Å². The highest BCUT2D eigenvalue weighted by Crippen LogP contribution is 2.49. The van der Waals surface area contributed by atoms with Crippen LogP contribution in [-0.4, -0.2) is 83.6 Å². The molecule has 250 valence electrons. The first kappa shape index (κ1) is 30.8. The molecule has 4 aromatic rings. The number of piperazine rings is 1. The van der Waals surface area contributed by atoms with Crippen molar-refractivity contribution in [1.82, 2.24) is 20.2 Å². The van der Waals surface area contributed by atoms with Gasteiger partial charge in [0.25, 0.3) is 0 Å². The van der Waals surface area contributed by atoms with Gasteiger partial charge in [-0.2, -0.15) is 15.2 Å². The van der Waals surface area contributed by atoms with Crippen molar-refractivity contribution in [2.45, 2.75) is 56.2 Å². The summed E-state index contributed by atoms with van der Waals surface area (Å²) < 4.78 is 29.7. The number of phenols is 1. The predicted molar refractivity (Wildman–Crippen MR) is 185 cm³/mol. The van der Waals surface area contributed by atoms with E-state index in [2.05, 4.69) is 27.1 Å². The number of aromatic nitrogens is 2. The number of phenolic OH excluding ortho intramolecular Hbond substituents is 1. The molecule has 5 fully saturated rings. The molecule has 3 aliphatic heterocycles. The molecule has 1 aromatic heterocycles. The minimum absolute atomic E-state index is 0.000201. The quantitative estimate of drug-likeness (QED) is 0.236. The van der Waals surface area contributed by atoms with Crippen LogP contribution in [-0.2, 0) is 4.74 Å². The lowest BCUT2D eigenvalue weighted by atomic mass is 9.90. The molecular weight excluding hydrogens is 643 g/mol. The summed E-state index contributed by atoms with van der Waals surface area (Å²) in [7, 11) is 0. The Labute approximate surface area is 289 Å². The lowest BCUT2D eigenvalue weighted by Crippen LogP contribution is -2.51. The molecule has 9 rings (SSSR count). The van der Waals surface area contributed by atoms with Crippen LogP contribution >= 0.6 is 11.6 Å². The molecule has 4 heterocycles. The number of hydrogen-bond acceptors (Lipinski definition) is 9. The average molecular weight is 679 g/mol. The van der Waals surface area contributed by atoms with Gasteiger partial charge >= 0.3 is 6.01 Å². The van der Waals surface area contributed by atoms with Gasteiger partial charge in [0.15, 0.2) is 5.82 Å². The molecular formula is C38H36ClFN6O3. The minimum atomic E-state index is -0.709. The summed E-state index contributed by atoms with van der Waals surface area (Å²) in [5.41, 5.74) is 0.787. The Morgan fingerprint density at radius 2 is 1.94 bits per heavy atom. The molecule has 11 heteroatoms. The van der Waals surface area contributed by atoms with Crippen molar-refractivity contribution in [3.63, 3.8) is 0 Å². The molecule has 2 unspecified atom stereocenters. The van der Waals surface area contributed by atoms with Crippen molar-refractivity contribution >= 4 is 39.1 Å². The Bertz CT molecular complexity index is 2110. The number of terminal acetylenes is 1. The molecule has 49 heavy (non-hydrogen) atoms. The number of anilines is 1. The van der Waals surface area contributed by atoms with Crippen LogP contribution in [0.25, 0.3) is 32.8 Å². The SMILES string of the molecule is C#Cc1c(Cl)ccc2cc(O)cc(-c3c(C#N)cc4c(N5CC6CCC(C5)N6)nc(OCC5(CN6CCOC7(CC7)C6)CC5)nc4c3F)c12. The highest BCUT2D eigenvalue weighted by atomic mass is 35.5. The molecule has 2 N–H and O–H groups in total. The van der Waals surface area contributed by atoms with E-state index in [1.807, 2.05) is 0 Å². The highest BCUT2D eigenvalue weighted by molar-refractivity contribution is 6.33. The summed E-state index contributed by atoms with van der Waals surface area (Å²) in [5, 5.41) is 26.6. The van der Waals surface area contributed by atoms with E-state index in [1.165, 1.54) is 6.07 Å². The first-order chi connectivity index (χ1) is 23.8. The van der Waals surface area contributed by atoms with E-state index in [1.54, 1.807) is 24.3 Å². The molecule has 2 saturated carbocycles. The molecule has 3 saturated heterocycles. The Hall–Kier alpha value is -4.19. The second-order valence-corrected chi connectivity index (χ2v) is 15.1. The molecule has 1 spiro atoms. The third-order valence-electron chi connectivity index (χ3n) is 11.2. The zero-order valence-corrected chi connectivity index (χ0v) is 27.8. The number of nitrogens with one attached hydrogen (secondary N) is 1. The molecule has 0 amide bonds. The Morgan fingerprint density at radius 1 is 1.14 bits per heavy atom. The normalized spacial score (nSPS) is 23.5. The maximum absolute atomic E-state index is 17.3. The molecule has 5 aliphatic rings. The largest absolute Gasteiger partial charge is 0.508 e. The van der Waals surface area contributed by atoms with Crippen LogP contribution in [0.2, 0.25) is 5.02 Å². The monoisotopic (exact) mass is 678 g/mol. The first-order valence-corrected chi connectivity index (χ1v) is 17.5. The van der Waals surface area contributed by atoms with E-state index in [4.69, 9.17) is 37.5 Å². The standard InChI is InChI=1S/C38H36ClFN6O3/c1-2-27-30(39)6-3-22-13-26(47)15-28(31(22)27)32-23(16-41)14-29-34(33(32)40)43-36(44-35(29)46-17-24-4-5-25(18-46)42-24)48-21-37(7-8-37)19-45-11-12-49-38(20-45)9-10-38/h1,3,6,13-15,24-25,42,47H,4-5,7-12,17-21H2. The molecule has 9 nitrogen and oxygen atoms in total. The number of morpholine rings is 1. The van der Waals surface area contributed by atoms with E-state index in [-0.39, 0.29) is 45.0 Å². The number of halogens is 2. The molecule has 2 bridgehead atoms. The van der Waals surface area contributed by atoms with E-state index >= 15 is 4.39 Å². The van der Waals surface area contributed by atoms with E-state index in [0.717, 1.165) is 64.8 Å². The minimum Gasteiger partial charge on any atom is -0.508 e. The number of nitriles is 1. The average Bonchev–Trinajstić information content (AvgIpc) is 4.02. The summed E-state index contributed by atoms with van der Waals surface area (Å²) in [5.74, 6) is 2.38. The highest BCUT2D eigenvalue weighted by Gasteiger charge is 2.51. The van der Waals surface area contributed by atoms with Gasteiger partial charge in [-0.3, -0.25) is 4.90 Å². The Balaban J connectivity index is 1.15. The van der Waals surface area contributed by atoms with Crippen LogP contribution in [0.15, 0.2) is 30.3 Å². The van der Waals surface area contributed by atoms with E-state index in [0.29, 0.717) is 64.3 Å². The maximum Gasteiger partial charge on any atom is 0.319 e. The number of aromatic hydroxyl groups is 1. The van der Waals surface area contributed by atoms with Crippen LogP contribution in [0.4, 0.5) is 10.2 Å². The Morgan fingerprint density at radius 3 is 2.65 bits per heavy atom. The van der Waals surface area contributed by atoms with Gasteiger partial charge in [-0.15, -0.1) is 6.42 Å². The van der Waals surface area contributed by atoms with Crippen LogP contribution in [0.5, 0.6) is 11.8 Å². The first-order valence-electron chi connectivity index (χ1n) is 17.1. The predicted octanol–water partition coefficient (Wildman–Crippen LogP) is 5.77. The lowest BCUT2D eigenvalue weighted by Gasteiger charge is -2.35. The second kappa shape index (κ2) is 11.4. The molecule has 2 atom stereocenters.